The number of ether oxygens (including phenoxy) is 1. The molecule has 1 N–H and O–H groups in total. The average molecular weight is 334 g/mol. The Morgan fingerprint density at radius 3 is 2.61 bits per heavy atom. The quantitative estimate of drug-likeness (QED) is 0.917. The smallest absolute Gasteiger partial charge is 0.214 e. The Morgan fingerprint density at radius 1 is 1.28 bits per heavy atom. The van der Waals surface area contributed by atoms with Crippen LogP contribution < -0.4 is 4.72 Å². The van der Waals surface area contributed by atoms with Crippen molar-refractivity contribution >= 4 is 26.0 Å². The van der Waals surface area contributed by atoms with Crippen LogP contribution in [0.25, 0.3) is 0 Å². The summed E-state index contributed by atoms with van der Waals surface area (Å²) in [5.74, 6) is 0. The van der Waals surface area contributed by atoms with Crippen molar-refractivity contribution in [2.75, 3.05) is 13.2 Å². The lowest BCUT2D eigenvalue weighted by Crippen LogP contribution is -2.37. The maximum atomic E-state index is 12.1. The van der Waals surface area contributed by atoms with Gasteiger partial charge in [0.05, 0.1) is 5.25 Å². The standard InChI is InChI=1S/C12H16BrNO3S/c13-12-4-2-1-3-10(12)9-14-18(15,16)11-5-7-17-8-6-11/h1-4,11,14H,5-9H2. The summed E-state index contributed by atoms with van der Waals surface area (Å²) in [6.45, 7) is 1.38. The number of sulfonamides is 1. The summed E-state index contributed by atoms with van der Waals surface area (Å²) >= 11 is 3.41. The van der Waals surface area contributed by atoms with Crippen molar-refractivity contribution in [3.63, 3.8) is 0 Å². The van der Waals surface area contributed by atoms with Gasteiger partial charge in [-0.2, -0.15) is 0 Å². The number of hydrogen-bond acceptors (Lipinski definition) is 3. The van der Waals surface area contributed by atoms with Crippen LogP contribution in [0.4, 0.5) is 0 Å². The maximum absolute atomic E-state index is 12.1. The molecule has 100 valence electrons. The summed E-state index contributed by atoms with van der Waals surface area (Å²) in [6, 6.07) is 7.60. The third-order valence-electron chi connectivity index (χ3n) is 3.03. The molecule has 1 aliphatic heterocycles. The molecule has 0 atom stereocenters. The molecular weight excluding hydrogens is 318 g/mol. The van der Waals surface area contributed by atoms with Crippen LogP contribution in [0, 0.1) is 0 Å². The Balaban J connectivity index is 1.98. The molecule has 1 aromatic rings. The van der Waals surface area contributed by atoms with E-state index in [0.29, 0.717) is 32.6 Å². The van der Waals surface area contributed by atoms with Crippen molar-refractivity contribution < 1.29 is 13.2 Å². The maximum Gasteiger partial charge on any atom is 0.214 e. The normalized spacial score (nSPS) is 17.8. The molecule has 1 saturated heterocycles. The molecule has 0 radical (unpaired) electrons. The van der Waals surface area contributed by atoms with Crippen LogP contribution in [0.2, 0.25) is 0 Å². The highest BCUT2D eigenvalue weighted by molar-refractivity contribution is 9.10. The largest absolute Gasteiger partial charge is 0.381 e. The van der Waals surface area contributed by atoms with Crippen LogP contribution in [-0.2, 0) is 21.3 Å². The van der Waals surface area contributed by atoms with Crippen LogP contribution in [0.1, 0.15) is 18.4 Å². The first-order valence-corrected chi connectivity index (χ1v) is 8.23. The lowest BCUT2D eigenvalue weighted by Gasteiger charge is -2.22. The van der Waals surface area contributed by atoms with Gasteiger partial charge in [-0.15, -0.1) is 0 Å². The summed E-state index contributed by atoms with van der Waals surface area (Å²) < 4.78 is 32.9. The van der Waals surface area contributed by atoms with Crippen molar-refractivity contribution in [3.8, 4) is 0 Å². The summed E-state index contributed by atoms with van der Waals surface area (Å²) in [4.78, 5) is 0. The van der Waals surface area contributed by atoms with E-state index in [1.807, 2.05) is 24.3 Å². The van der Waals surface area contributed by atoms with Gasteiger partial charge in [0.15, 0.2) is 0 Å². The van der Waals surface area contributed by atoms with Gasteiger partial charge in [-0.05, 0) is 24.5 Å². The Labute approximate surface area is 116 Å². The van der Waals surface area contributed by atoms with Gasteiger partial charge in [0.2, 0.25) is 10.0 Å². The van der Waals surface area contributed by atoms with Crippen LogP contribution >= 0.6 is 15.9 Å². The monoisotopic (exact) mass is 333 g/mol. The number of hydrogen-bond donors (Lipinski definition) is 1. The Bertz CT molecular complexity index is 498. The molecule has 1 heterocycles. The van der Waals surface area contributed by atoms with E-state index in [4.69, 9.17) is 4.74 Å². The van der Waals surface area contributed by atoms with Gasteiger partial charge in [-0.1, -0.05) is 34.1 Å². The van der Waals surface area contributed by atoms with E-state index < -0.39 is 10.0 Å². The van der Waals surface area contributed by atoms with Crippen molar-refractivity contribution in [1.29, 1.82) is 0 Å². The molecule has 0 unspecified atom stereocenters. The van der Waals surface area contributed by atoms with E-state index in [9.17, 15) is 8.42 Å². The van der Waals surface area contributed by atoms with Gasteiger partial charge in [0.1, 0.15) is 0 Å². The highest BCUT2D eigenvalue weighted by Crippen LogP contribution is 2.18. The molecule has 0 aromatic heterocycles. The van der Waals surface area contributed by atoms with E-state index in [1.54, 1.807) is 0 Å². The molecule has 1 aromatic carbocycles. The molecule has 0 saturated carbocycles. The second kappa shape index (κ2) is 6.14. The SMILES string of the molecule is O=S(=O)(NCc1ccccc1Br)C1CCOCC1. The molecular formula is C12H16BrNO3S. The summed E-state index contributed by atoms with van der Waals surface area (Å²) in [7, 11) is -3.25. The summed E-state index contributed by atoms with van der Waals surface area (Å²) in [6.07, 6.45) is 1.15. The predicted octanol–water partition coefficient (Wildman–Crippen LogP) is 2.05. The number of benzene rings is 1. The third-order valence-corrected chi connectivity index (χ3v) is 5.70. The van der Waals surface area contributed by atoms with Gasteiger partial charge >= 0.3 is 0 Å². The fraction of sp³-hybridized carbons (Fsp3) is 0.500. The Hall–Kier alpha value is -0.430. The number of nitrogens with one attached hydrogen (secondary N) is 1. The third kappa shape index (κ3) is 3.54. The second-order valence-electron chi connectivity index (χ2n) is 4.27. The zero-order valence-electron chi connectivity index (χ0n) is 9.93. The zero-order valence-corrected chi connectivity index (χ0v) is 12.3. The molecule has 0 spiro atoms. The van der Waals surface area contributed by atoms with Gasteiger partial charge in [-0.25, -0.2) is 13.1 Å². The minimum Gasteiger partial charge on any atom is -0.381 e. The zero-order chi connectivity index (χ0) is 13.0. The van der Waals surface area contributed by atoms with Crippen LogP contribution in [0.15, 0.2) is 28.7 Å². The van der Waals surface area contributed by atoms with E-state index >= 15 is 0 Å². The van der Waals surface area contributed by atoms with Gasteiger partial charge in [-0.3, -0.25) is 0 Å². The molecule has 6 heteroatoms. The molecule has 2 rings (SSSR count). The van der Waals surface area contributed by atoms with E-state index in [-0.39, 0.29) is 5.25 Å². The lowest BCUT2D eigenvalue weighted by molar-refractivity contribution is 0.0981. The van der Waals surface area contributed by atoms with Gasteiger partial charge in [0.25, 0.3) is 0 Å². The topological polar surface area (TPSA) is 55.4 Å². The molecule has 1 fully saturated rings. The molecule has 1 aliphatic rings. The first-order valence-electron chi connectivity index (χ1n) is 5.89. The van der Waals surface area contributed by atoms with Gasteiger partial charge in [0, 0.05) is 24.2 Å². The predicted molar refractivity (Wildman–Crippen MR) is 73.7 cm³/mol. The summed E-state index contributed by atoms with van der Waals surface area (Å²) in [5.41, 5.74) is 0.938. The first-order chi connectivity index (χ1) is 8.59. The number of rotatable bonds is 4. The first kappa shape index (κ1) is 14.0. The highest BCUT2D eigenvalue weighted by Gasteiger charge is 2.27. The second-order valence-corrected chi connectivity index (χ2v) is 7.17. The minimum absolute atomic E-state index is 0.321. The van der Waals surface area contributed by atoms with Gasteiger partial charge < -0.3 is 4.74 Å². The van der Waals surface area contributed by atoms with E-state index in [1.165, 1.54) is 0 Å². The molecule has 0 amide bonds. The van der Waals surface area contributed by atoms with E-state index in [0.717, 1.165) is 10.0 Å². The average Bonchev–Trinajstić information content (AvgIpc) is 2.39. The molecule has 0 bridgehead atoms. The van der Waals surface area contributed by atoms with Crippen LogP contribution in [-0.4, -0.2) is 26.9 Å². The fourth-order valence-electron chi connectivity index (χ4n) is 1.92. The highest BCUT2D eigenvalue weighted by atomic mass is 79.9. The fourth-order valence-corrected chi connectivity index (χ4v) is 3.75. The van der Waals surface area contributed by atoms with E-state index in [2.05, 4.69) is 20.7 Å². The van der Waals surface area contributed by atoms with Crippen LogP contribution in [0.5, 0.6) is 0 Å². The molecule has 0 aliphatic carbocycles. The van der Waals surface area contributed by atoms with Crippen molar-refractivity contribution in [1.82, 2.24) is 4.72 Å². The lowest BCUT2D eigenvalue weighted by atomic mass is 10.2. The van der Waals surface area contributed by atoms with Crippen molar-refractivity contribution in [2.45, 2.75) is 24.6 Å². The minimum atomic E-state index is -3.25. The summed E-state index contributed by atoms with van der Waals surface area (Å²) in [5, 5.41) is -0.325. The Morgan fingerprint density at radius 2 is 1.94 bits per heavy atom. The molecule has 4 nitrogen and oxygen atoms in total. The van der Waals surface area contributed by atoms with Crippen molar-refractivity contribution in [2.24, 2.45) is 0 Å². The Kier molecular flexibility index (Phi) is 4.77. The number of halogens is 1. The van der Waals surface area contributed by atoms with Crippen LogP contribution in [0.3, 0.4) is 0 Å². The molecule has 18 heavy (non-hydrogen) atoms. The van der Waals surface area contributed by atoms with Crippen molar-refractivity contribution in [3.05, 3.63) is 34.3 Å².